The number of rotatable bonds is 6. The Morgan fingerprint density at radius 1 is 1.25 bits per heavy atom. The van der Waals surface area contributed by atoms with Crippen LogP contribution in [-0.2, 0) is 20.7 Å². The van der Waals surface area contributed by atoms with E-state index in [-0.39, 0.29) is 19.1 Å². The molecule has 1 aliphatic rings. The number of esters is 1. The van der Waals surface area contributed by atoms with E-state index in [9.17, 15) is 14.4 Å². The summed E-state index contributed by atoms with van der Waals surface area (Å²) in [7, 11) is 0. The highest BCUT2D eigenvalue weighted by Gasteiger charge is 2.36. The Morgan fingerprint density at radius 2 is 1.92 bits per heavy atom. The molecule has 5 nitrogen and oxygen atoms in total. The smallest absolute Gasteiger partial charge is 0.326 e. The molecule has 1 aromatic rings. The second-order valence-corrected chi connectivity index (χ2v) is 6.93. The molecule has 2 rings (SSSR count). The van der Waals surface area contributed by atoms with Gasteiger partial charge in [-0.15, -0.1) is 0 Å². The first kappa shape index (κ1) is 18.3. The number of hydrogen-bond acceptors (Lipinski definition) is 5. The maximum Gasteiger partial charge on any atom is 0.326 e. The van der Waals surface area contributed by atoms with Gasteiger partial charge in [0.15, 0.2) is 0 Å². The van der Waals surface area contributed by atoms with Crippen LogP contribution in [0.5, 0.6) is 0 Å². The van der Waals surface area contributed by atoms with Crippen molar-refractivity contribution in [3.05, 3.63) is 40.3 Å². The molecule has 1 aliphatic heterocycles. The van der Waals surface area contributed by atoms with Gasteiger partial charge in [0.1, 0.15) is 6.54 Å². The molecule has 0 aromatic heterocycles. The van der Waals surface area contributed by atoms with Crippen molar-refractivity contribution in [3.8, 4) is 0 Å². The number of nitrogens with zero attached hydrogens (tertiary/aromatic N) is 1. The van der Waals surface area contributed by atoms with Gasteiger partial charge in [-0.05, 0) is 41.3 Å². The SMILES string of the molecule is CCc1ccc(/C=C2\SC(=O)N(CC(=O)OCC(C)C)C2=O)cc1. The molecule has 6 heteroatoms. The third-order valence-electron chi connectivity index (χ3n) is 3.42. The fourth-order valence-electron chi connectivity index (χ4n) is 2.07. The maximum atomic E-state index is 12.3. The van der Waals surface area contributed by atoms with Gasteiger partial charge >= 0.3 is 5.97 Å². The number of imide groups is 1. The predicted octanol–water partition coefficient (Wildman–Crippen LogP) is 3.48. The minimum Gasteiger partial charge on any atom is -0.464 e. The lowest BCUT2D eigenvalue weighted by Crippen LogP contribution is -2.34. The summed E-state index contributed by atoms with van der Waals surface area (Å²) in [5.41, 5.74) is 2.05. The lowest BCUT2D eigenvalue weighted by molar-refractivity contribution is -0.147. The summed E-state index contributed by atoms with van der Waals surface area (Å²) in [6.07, 6.45) is 2.61. The molecular weight excluding hydrogens is 326 g/mol. The Hall–Kier alpha value is -2.08. The standard InChI is InChI=1S/C18H21NO4S/c1-4-13-5-7-14(8-6-13)9-15-17(21)19(18(22)24-15)10-16(20)23-11-12(2)3/h5-9,12H,4,10-11H2,1-3H3/b15-9-. The summed E-state index contributed by atoms with van der Waals surface area (Å²) < 4.78 is 5.03. The number of hydrogen-bond donors (Lipinski definition) is 0. The molecule has 0 aliphatic carbocycles. The normalized spacial score (nSPS) is 16.3. The van der Waals surface area contributed by atoms with E-state index in [1.165, 1.54) is 5.56 Å². The van der Waals surface area contributed by atoms with Crippen molar-refractivity contribution < 1.29 is 19.1 Å². The van der Waals surface area contributed by atoms with E-state index in [2.05, 4.69) is 6.92 Å². The minimum absolute atomic E-state index is 0.204. The molecule has 0 bridgehead atoms. The highest BCUT2D eigenvalue weighted by Crippen LogP contribution is 2.32. The van der Waals surface area contributed by atoms with E-state index in [0.717, 1.165) is 28.6 Å². The van der Waals surface area contributed by atoms with Crippen molar-refractivity contribution in [2.75, 3.05) is 13.2 Å². The van der Waals surface area contributed by atoms with Crippen molar-refractivity contribution >= 4 is 35.0 Å². The first-order chi connectivity index (χ1) is 11.4. The predicted molar refractivity (Wildman–Crippen MR) is 94.3 cm³/mol. The summed E-state index contributed by atoms with van der Waals surface area (Å²) in [5.74, 6) is -0.819. The van der Waals surface area contributed by atoms with Crippen molar-refractivity contribution in [2.24, 2.45) is 5.92 Å². The Bertz CT molecular complexity index is 664. The number of amides is 2. The summed E-state index contributed by atoms with van der Waals surface area (Å²) in [6.45, 7) is 5.83. The largest absolute Gasteiger partial charge is 0.464 e. The van der Waals surface area contributed by atoms with Crippen LogP contribution >= 0.6 is 11.8 Å². The minimum atomic E-state index is -0.570. The zero-order valence-electron chi connectivity index (χ0n) is 14.1. The number of aryl methyl sites for hydroxylation is 1. The second-order valence-electron chi connectivity index (χ2n) is 5.94. The average molecular weight is 347 g/mol. The number of thioether (sulfide) groups is 1. The first-order valence-electron chi connectivity index (χ1n) is 7.90. The fourth-order valence-corrected chi connectivity index (χ4v) is 2.91. The molecule has 1 aromatic carbocycles. The number of ether oxygens (including phenoxy) is 1. The van der Waals surface area contributed by atoms with Crippen LogP contribution in [0.15, 0.2) is 29.2 Å². The van der Waals surface area contributed by atoms with E-state index < -0.39 is 17.1 Å². The molecule has 0 saturated carbocycles. The van der Waals surface area contributed by atoms with Gasteiger partial charge in [0.25, 0.3) is 11.1 Å². The molecule has 1 heterocycles. The van der Waals surface area contributed by atoms with Gasteiger partial charge in [-0.2, -0.15) is 0 Å². The van der Waals surface area contributed by atoms with Crippen molar-refractivity contribution in [3.63, 3.8) is 0 Å². The number of carbonyl (C=O) groups excluding carboxylic acids is 3. The molecule has 2 amide bonds. The first-order valence-corrected chi connectivity index (χ1v) is 8.72. The lowest BCUT2D eigenvalue weighted by Gasteiger charge is -2.12. The highest BCUT2D eigenvalue weighted by molar-refractivity contribution is 8.18. The van der Waals surface area contributed by atoms with Gasteiger partial charge in [0.2, 0.25) is 0 Å². The Balaban J connectivity index is 2.04. The van der Waals surface area contributed by atoms with Crippen LogP contribution in [0.4, 0.5) is 4.79 Å². The Morgan fingerprint density at radius 3 is 2.50 bits per heavy atom. The molecule has 1 saturated heterocycles. The van der Waals surface area contributed by atoms with E-state index >= 15 is 0 Å². The quantitative estimate of drug-likeness (QED) is 0.582. The molecule has 0 atom stereocenters. The Kier molecular flexibility index (Phi) is 6.20. The molecule has 0 spiro atoms. The van der Waals surface area contributed by atoms with Crippen molar-refractivity contribution in [1.82, 2.24) is 4.90 Å². The van der Waals surface area contributed by atoms with E-state index in [1.807, 2.05) is 38.1 Å². The molecule has 1 fully saturated rings. The van der Waals surface area contributed by atoms with Crippen molar-refractivity contribution in [2.45, 2.75) is 27.2 Å². The van der Waals surface area contributed by atoms with Gasteiger partial charge in [-0.1, -0.05) is 45.0 Å². The average Bonchev–Trinajstić information content (AvgIpc) is 2.81. The summed E-state index contributed by atoms with van der Waals surface area (Å²) in [5, 5.41) is -0.446. The topological polar surface area (TPSA) is 63.7 Å². The molecular formula is C18H21NO4S. The molecule has 0 unspecified atom stereocenters. The van der Waals surface area contributed by atoms with Crippen LogP contribution in [0.2, 0.25) is 0 Å². The van der Waals surface area contributed by atoms with E-state index in [4.69, 9.17) is 4.74 Å². The third-order valence-corrected chi connectivity index (χ3v) is 4.33. The van der Waals surface area contributed by atoms with Crippen LogP contribution in [0, 0.1) is 5.92 Å². The number of benzene rings is 1. The van der Waals surface area contributed by atoms with Gasteiger partial charge in [0.05, 0.1) is 11.5 Å². The van der Waals surface area contributed by atoms with Gasteiger partial charge in [-0.25, -0.2) is 0 Å². The van der Waals surface area contributed by atoms with Crippen LogP contribution in [-0.4, -0.2) is 35.2 Å². The van der Waals surface area contributed by atoms with Gasteiger partial charge in [-0.3, -0.25) is 19.3 Å². The van der Waals surface area contributed by atoms with E-state index in [0.29, 0.717) is 4.91 Å². The monoisotopic (exact) mass is 347 g/mol. The van der Waals surface area contributed by atoms with Crippen LogP contribution in [0.3, 0.4) is 0 Å². The third kappa shape index (κ3) is 4.71. The molecule has 128 valence electrons. The van der Waals surface area contributed by atoms with Crippen LogP contribution in [0.25, 0.3) is 6.08 Å². The van der Waals surface area contributed by atoms with Crippen LogP contribution < -0.4 is 0 Å². The van der Waals surface area contributed by atoms with Crippen molar-refractivity contribution in [1.29, 1.82) is 0 Å². The lowest BCUT2D eigenvalue weighted by atomic mass is 10.1. The zero-order chi connectivity index (χ0) is 17.7. The fraction of sp³-hybridized carbons (Fsp3) is 0.389. The highest BCUT2D eigenvalue weighted by atomic mass is 32.2. The van der Waals surface area contributed by atoms with Crippen LogP contribution in [0.1, 0.15) is 31.9 Å². The second kappa shape index (κ2) is 8.15. The van der Waals surface area contributed by atoms with Gasteiger partial charge < -0.3 is 4.74 Å². The van der Waals surface area contributed by atoms with Gasteiger partial charge in [0, 0.05) is 0 Å². The number of carbonyl (C=O) groups is 3. The summed E-state index contributed by atoms with van der Waals surface area (Å²) >= 11 is 0.844. The molecule has 24 heavy (non-hydrogen) atoms. The molecule has 0 radical (unpaired) electrons. The zero-order valence-corrected chi connectivity index (χ0v) is 14.9. The van der Waals surface area contributed by atoms with E-state index in [1.54, 1.807) is 6.08 Å². The molecule has 0 N–H and O–H groups in total. The summed E-state index contributed by atoms with van der Waals surface area (Å²) in [6, 6.07) is 7.78. The summed E-state index contributed by atoms with van der Waals surface area (Å²) in [4.78, 5) is 37.3. The Labute approximate surface area is 146 Å². The maximum absolute atomic E-state index is 12.3.